The SMILES string of the molecule is COc1cc(CNC(=O)c2ccc3c(c2)C(=O)/C(=C/c2ccc(F)c(F)c2)C(=O)N3)ccn1. The van der Waals surface area contributed by atoms with E-state index < -0.39 is 29.2 Å². The lowest BCUT2D eigenvalue weighted by atomic mass is 9.93. The number of pyridine rings is 1. The normalized spacial score (nSPS) is 14.0. The molecule has 1 aliphatic heterocycles. The summed E-state index contributed by atoms with van der Waals surface area (Å²) in [5.74, 6) is -3.46. The van der Waals surface area contributed by atoms with Crippen LogP contribution < -0.4 is 15.4 Å². The first-order chi connectivity index (χ1) is 15.9. The van der Waals surface area contributed by atoms with Crippen LogP contribution >= 0.6 is 0 Å². The van der Waals surface area contributed by atoms with Crippen molar-refractivity contribution in [2.75, 3.05) is 12.4 Å². The van der Waals surface area contributed by atoms with Crippen LogP contribution in [0.3, 0.4) is 0 Å². The standard InChI is InChI=1S/C24H17F2N3O4/c1-33-21-10-14(6-7-27-21)12-28-23(31)15-3-5-20-16(11-15)22(30)17(24(32)29-20)8-13-2-4-18(25)19(26)9-13/h2-11H,12H2,1H3,(H,28,31)(H,29,32)/b17-8-. The Morgan fingerprint density at radius 2 is 1.91 bits per heavy atom. The Labute approximate surface area is 187 Å². The number of fused-ring (bicyclic) bond motifs is 1. The highest BCUT2D eigenvalue weighted by Crippen LogP contribution is 2.28. The first kappa shape index (κ1) is 21.8. The Morgan fingerprint density at radius 1 is 1.09 bits per heavy atom. The number of rotatable bonds is 5. The first-order valence-corrected chi connectivity index (χ1v) is 9.79. The molecule has 2 N–H and O–H groups in total. The van der Waals surface area contributed by atoms with Gasteiger partial charge < -0.3 is 15.4 Å². The molecule has 0 bridgehead atoms. The van der Waals surface area contributed by atoms with E-state index in [4.69, 9.17) is 4.74 Å². The maximum absolute atomic E-state index is 13.5. The number of nitrogens with zero attached hydrogens (tertiary/aromatic N) is 1. The van der Waals surface area contributed by atoms with Crippen molar-refractivity contribution in [3.8, 4) is 5.88 Å². The summed E-state index contributed by atoms with van der Waals surface area (Å²) in [6.07, 6.45) is 2.73. The minimum absolute atomic E-state index is 0.113. The summed E-state index contributed by atoms with van der Waals surface area (Å²) in [7, 11) is 1.49. The molecule has 2 amide bonds. The van der Waals surface area contributed by atoms with Crippen molar-refractivity contribution in [1.82, 2.24) is 10.3 Å². The number of hydrogen-bond donors (Lipinski definition) is 2. The number of carbonyl (C=O) groups excluding carboxylic acids is 3. The minimum atomic E-state index is -1.10. The van der Waals surface area contributed by atoms with Gasteiger partial charge in [-0.05, 0) is 53.6 Å². The van der Waals surface area contributed by atoms with Crippen LogP contribution in [0.4, 0.5) is 14.5 Å². The van der Waals surface area contributed by atoms with Gasteiger partial charge in [-0.25, -0.2) is 13.8 Å². The lowest BCUT2D eigenvalue weighted by Gasteiger charge is -2.19. The molecule has 33 heavy (non-hydrogen) atoms. The van der Waals surface area contributed by atoms with E-state index in [1.807, 2.05) is 0 Å². The molecule has 0 fully saturated rings. The summed E-state index contributed by atoms with van der Waals surface area (Å²) in [6, 6.07) is 10.8. The third-order valence-electron chi connectivity index (χ3n) is 4.98. The van der Waals surface area contributed by atoms with Crippen LogP contribution in [0.25, 0.3) is 6.08 Å². The van der Waals surface area contributed by atoms with Gasteiger partial charge >= 0.3 is 0 Å². The molecule has 2 aromatic carbocycles. The van der Waals surface area contributed by atoms with Gasteiger partial charge in [0.05, 0.1) is 18.4 Å². The largest absolute Gasteiger partial charge is 0.481 e. The fourth-order valence-corrected chi connectivity index (χ4v) is 3.28. The molecular weight excluding hydrogens is 432 g/mol. The van der Waals surface area contributed by atoms with Gasteiger partial charge in [0.15, 0.2) is 11.6 Å². The van der Waals surface area contributed by atoms with Crippen LogP contribution in [0.15, 0.2) is 60.3 Å². The van der Waals surface area contributed by atoms with Crippen molar-refractivity contribution in [1.29, 1.82) is 0 Å². The average Bonchev–Trinajstić information content (AvgIpc) is 2.82. The number of amides is 2. The second-order valence-corrected chi connectivity index (χ2v) is 7.16. The molecule has 9 heteroatoms. The number of ketones is 1. The quantitative estimate of drug-likeness (QED) is 0.459. The number of aromatic nitrogens is 1. The number of nitrogens with one attached hydrogen (secondary N) is 2. The number of hydrogen-bond acceptors (Lipinski definition) is 5. The molecule has 7 nitrogen and oxygen atoms in total. The van der Waals surface area contributed by atoms with Crippen LogP contribution in [-0.4, -0.2) is 29.7 Å². The maximum atomic E-state index is 13.5. The van der Waals surface area contributed by atoms with Crippen molar-refractivity contribution < 1.29 is 27.9 Å². The Balaban J connectivity index is 1.56. The summed E-state index contributed by atoms with van der Waals surface area (Å²) in [4.78, 5) is 42.0. The first-order valence-electron chi connectivity index (χ1n) is 9.79. The minimum Gasteiger partial charge on any atom is -0.481 e. The predicted octanol–water partition coefficient (Wildman–Crippen LogP) is 3.52. The molecule has 0 saturated heterocycles. The molecule has 1 aromatic heterocycles. The van der Waals surface area contributed by atoms with Crippen molar-refractivity contribution in [2.24, 2.45) is 0 Å². The van der Waals surface area contributed by atoms with Gasteiger partial charge in [-0.15, -0.1) is 0 Å². The number of Topliss-reactive ketones (excluding diaryl/α,β-unsaturated/α-hetero) is 1. The second kappa shape index (κ2) is 8.99. The maximum Gasteiger partial charge on any atom is 0.259 e. The van der Waals surface area contributed by atoms with Crippen molar-refractivity contribution >= 4 is 29.4 Å². The number of methoxy groups -OCH3 is 1. The third kappa shape index (κ3) is 4.62. The van der Waals surface area contributed by atoms with E-state index in [9.17, 15) is 23.2 Å². The van der Waals surface area contributed by atoms with E-state index in [2.05, 4.69) is 15.6 Å². The summed E-state index contributed by atoms with van der Waals surface area (Å²) >= 11 is 0. The lowest BCUT2D eigenvalue weighted by Crippen LogP contribution is -2.28. The van der Waals surface area contributed by atoms with Crippen LogP contribution in [-0.2, 0) is 11.3 Å². The van der Waals surface area contributed by atoms with Crippen molar-refractivity contribution in [3.63, 3.8) is 0 Å². The smallest absolute Gasteiger partial charge is 0.259 e. The van der Waals surface area contributed by atoms with Gasteiger partial charge in [0, 0.05) is 29.9 Å². The van der Waals surface area contributed by atoms with E-state index in [-0.39, 0.29) is 34.5 Å². The molecule has 0 unspecified atom stereocenters. The van der Waals surface area contributed by atoms with Crippen molar-refractivity contribution in [3.05, 3.63) is 94.2 Å². The zero-order valence-corrected chi connectivity index (χ0v) is 17.3. The lowest BCUT2D eigenvalue weighted by molar-refractivity contribution is -0.112. The van der Waals surface area contributed by atoms with E-state index in [0.29, 0.717) is 5.88 Å². The summed E-state index contributed by atoms with van der Waals surface area (Å²) in [6.45, 7) is 0.209. The molecule has 0 saturated carbocycles. The molecular formula is C24H17F2N3O4. The second-order valence-electron chi connectivity index (χ2n) is 7.16. The Morgan fingerprint density at radius 3 is 2.67 bits per heavy atom. The number of ether oxygens (including phenoxy) is 1. The molecule has 1 aliphatic rings. The van der Waals surface area contributed by atoms with E-state index >= 15 is 0 Å². The number of halogens is 2. The molecule has 0 atom stereocenters. The molecule has 0 radical (unpaired) electrons. The van der Waals surface area contributed by atoms with E-state index in [0.717, 1.165) is 17.7 Å². The molecule has 4 rings (SSSR count). The Kier molecular flexibility index (Phi) is 5.95. The van der Waals surface area contributed by atoms with E-state index in [1.165, 1.54) is 37.5 Å². The molecule has 0 aliphatic carbocycles. The van der Waals surface area contributed by atoms with Gasteiger partial charge in [-0.1, -0.05) is 6.07 Å². The Hall–Kier alpha value is -4.40. The van der Waals surface area contributed by atoms with Crippen molar-refractivity contribution in [2.45, 2.75) is 6.54 Å². The van der Waals surface area contributed by atoms with Gasteiger partial charge in [0.1, 0.15) is 0 Å². The average molecular weight is 449 g/mol. The molecule has 2 heterocycles. The summed E-state index contributed by atoms with van der Waals surface area (Å²) in [5.41, 5.74) is 1.25. The number of benzene rings is 2. The van der Waals surface area contributed by atoms with E-state index in [1.54, 1.807) is 18.3 Å². The van der Waals surface area contributed by atoms with Crippen LogP contribution in [0.1, 0.15) is 31.8 Å². The summed E-state index contributed by atoms with van der Waals surface area (Å²) < 4.78 is 31.7. The third-order valence-corrected chi connectivity index (χ3v) is 4.98. The van der Waals surface area contributed by atoms with Crippen LogP contribution in [0.2, 0.25) is 0 Å². The number of carbonyl (C=O) groups is 3. The van der Waals surface area contributed by atoms with Gasteiger partial charge in [0.25, 0.3) is 11.8 Å². The highest BCUT2D eigenvalue weighted by molar-refractivity contribution is 6.36. The monoisotopic (exact) mass is 449 g/mol. The highest BCUT2D eigenvalue weighted by Gasteiger charge is 2.29. The highest BCUT2D eigenvalue weighted by atomic mass is 19.2. The molecule has 166 valence electrons. The zero-order chi connectivity index (χ0) is 23.5. The van der Waals surface area contributed by atoms with Crippen LogP contribution in [0.5, 0.6) is 5.88 Å². The zero-order valence-electron chi connectivity index (χ0n) is 17.3. The topological polar surface area (TPSA) is 97.4 Å². The van der Waals surface area contributed by atoms with Crippen LogP contribution in [0, 0.1) is 11.6 Å². The molecule has 3 aromatic rings. The fourth-order valence-electron chi connectivity index (χ4n) is 3.28. The fraction of sp³-hybridized carbons (Fsp3) is 0.0833. The Bertz CT molecular complexity index is 1320. The molecule has 0 spiro atoms. The van der Waals surface area contributed by atoms with Gasteiger partial charge in [-0.3, -0.25) is 14.4 Å². The predicted molar refractivity (Wildman–Crippen MR) is 116 cm³/mol. The van der Waals surface area contributed by atoms with Gasteiger partial charge in [-0.2, -0.15) is 0 Å². The summed E-state index contributed by atoms with van der Waals surface area (Å²) in [5, 5.41) is 5.32. The van der Waals surface area contributed by atoms with Gasteiger partial charge in [0.2, 0.25) is 11.7 Å². The number of anilines is 1.